The van der Waals surface area contributed by atoms with Crippen molar-refractivity contribution in [3.63, 3.8) is 0 Å². The molecule has 3 heteroatoms. The lowest BCUT2D eigenvalue weighted by Gasteiger charge is -2.24. The zero-order valence-electron chi connectivity index (χ0n) is 11.9. The molecule has 1 aromatic rings. The van der Waals surface area contributed by atoms with Crippen molar-refractivity contribution in [2.45, 2.75) is 26.3 Å². The second-order valence-electron chi connectivity index (χ2n) is 5.48. The van der Waals surface area contributed by atoms with Gasteiger partial charge in [-0.3, -0.25) is 0 Å². The standard InChI is InChI=1S/C15H24N2O/c1-12(2)17-8-7-13-5-6-14(11-15(13)17)18-10-9-16(3)4/h5-6,11-12H,7-10H2,1-4H3. The smallest absolute Gasteiger partial charge is 0.121 e. The van der Waals surface area contributed by atoms with Gasteiger partial charge in [0, 0.05) is 30.9 Å². The van der Waals surface area contributed by atoms with Crippen molar-refractivity contribution in [3.05, 3.63) is 23.8 Å². The van der Waals surface area contributed by atoms with Crippen molar-refractivity contribution in [2.75, 3.05) is 38.7 Å². The quantitative estimate of drug-likeness (QED) is 0.796. The number of ether oxygens (including phenoxy) is 1. The molecule has 0 amide bonds. The lowest BCUT2D eigenvalue weighted by atomic mass is 10.1. The van der Waals surface area contributed by atoms with Crippen molar-refractivity contribution in [2.24, 2.45) is 0 Å². The molecule has 0 saturated heterocycles. The summed E-state index contributed by atoms with van der Waals surface area (Å²) in [5, 5.41) is 0. The Morgan fingerprint density at radius 1 is 1.33 bits per heavy atom. The van der Waals surface area contributed by atoms with E-state index in [1.807, 2.05) is 0 Å². The summed E-state index contributed by atoms with van der Waals surface area (Å²) < 4.78 is 5.80. The molecule has 0 bridgehead atoms. The third-order valence-electron chi connectivity index (χ3n) is 3.42. The van der Waals surface area contributed by atoms with Gasteiger partial charge in [-0.25, -0.2) is 0 Å². The summed E-state index contributed by atoms with van der Waals surface area (Å²) in [5.74, 6) is 0.989. The van der Waals surface area contributed by atoms with Crippen LogP contribution < -0.4 is 9.64 Å². The van der Waals surface area contributed by atoms with Crippen LogP contribution in [-0.4, -0.2) is 44.7 Å². The molecule has 1 aromatic carbocycles. The topological polar surface area (TPSA) is 15.7 Å². The Balaban J connectivity index is 2.04. The number of hydrogen-bond donors (Lipinski definition) is 0. The van der Waals surface area contributed by atoms with Crippen LogP contribution in [0.4, 0.5) is 5.69 Å². The highest BCUT2D eigenvalue weighted by Gasteiger charge is 2.21. The van der Waals surface area contributed by atoms with E-state index in [4.69, 9.17) is 4.74 Å². The first-order valence-corrected chi connectivity index (χ1v) is 6.75. The molecule has 0 fully saturated rings. The molecule has 2 rings (SSSR count). The van der Waals surface area contributed by atoms with E-state index in [0.717, 1.165) is 31.9 Å². The Labute approximate surface area is 110 Å². The number of nitrogens with zero attached hydrogens (tertiary/aromatic N) is 2. The molecule has 0 aliphatic carbocycles. The van der Waals surface area contributed by atoms with Crippen molar-refractivity contribution in [1.29, 1.82) is 0 Å². The predicted molar refractivity (Wildman–Crippen MR) is 76.7 cm³/mol. The first-order chi connectivity index (χ1) is 8.58. The number of fused-ring (bicyclic) bond motifs is 1. The van der Waals surface area contributed by atoms with Crippen LogP contribution in [0.5, 0.6) is 5.75 Å². The normalized spacial score (nSPS) is 14.4. The van der Waals surface area contributed by atoms with Crippen molar-refractivity contribution < 1.29 is 4.74 Å². The molecule has 3 nitrogen and oxygen atoms in total. The predicted octanol–water partition coefficient (Wildman–Crippen LogP) is 2.40. The van der Waals surface area contributed by atoms with E-state index in [2.05, 4.69) is 55.9 Å². The fourth-order valence-corrected chi connectivity index (χ4v) is 2.36. The van der Waals surface area contributed by atoms with E-state index in [0.29, 0.717) is 6.04 Å². The van der Waals surface area contributed by atoms with E-state index in [1.54, 1.807) is 0 Å². The third kappa shape index (κ3) is 2.96. The molecule has 0 unspecified atom stereocenters. The lowest BCUT2D eigenvalue weighted by Crippen LogP contribution is -2.28. The fourth-order valence-electron chi connectivity index (χ4n) is 2.36. The molecular formula is C15H24N2O. The highest BCUT2D eigenvalue weighted by Crippen LogP contribution is 2.32. The fraction of sp³-hybridized carbons (Fsp3) is 0.600. The average Bonchev–Trinajstić information content (AvgIpc) is 2.71. The Morgan fingerprint density at radius 2 is 2.11 bits per heavy atom. The van der Waals surface area contributed by atoms with Crippen LogP contribution in [0.15, 0.2) is 18.2 Å². The minimum atomic E-state index is 0.559. The summed E-state index contributed by atoms with van der Waals surface area (Å²) in [6.45, 7) is 7.32. The maximum Gasteiger partial charge on any atom is 0.121 e. The van der Waals surface area contributed by atoms with Crippen LogP contribution in [0, 0.1) is 0 Å². The summed E-state index contributed by atoms with van der Waals surface area (Å²) in [7, 11) is 4.12. The first kappa shape index (κ1) is 13.2. The molecule has 1 aliphatic rings. The van der Waals surface area contributed by atoms with Crippen LogP contribution in [0.3, 0.4) is 0 Å². The molecule has 1 aliphatic heterocycles. The highest BCUT2D eigenvalue weighted by molar-refractivity contribution is 5.61. The van der Waals surface area contributed by atoms with Gasteiger partial charge in [-0.1, -0.05) is 6.07 Å². The molecule has 0 radical (unpaired) electrons. The van der Waals surface area contributed by atoms with Crippen molar-refractivity contribution >= 4 is 5.69 Å². The molecule has 0 N–H and O–H groups in total. The van der Waals surface area contributed by atoms with E-state index >= 15 is 0 Å². The van der Waals surface area contributed by atoms with E-state index in [1.165, 1.54) is 11.3 Å². The molecule has 0 aromatic heterocycles. The second kappa shape index (κ2) is 5.61. The molecule has 0 atom stereocenters. The van der Waals surface area contributed by atoms with Gasteiger partial charge >= 0.3 is 0 Å². The van der Waals surface area contributed by atoms with Gasteiger partial charge in [0.05, 0.1) is 0 Å². The maximum absolute atomic E-state index is 5.80. The van der Waals surface area contributed by atoms with E-state index in [-0.39, 0.29) is 0 Å². The minimum Gasteiger partial charge on any atom is -0.492 e. The van der Waals surface area contributed by atoms with Crippen LogP contribution in [-0.2, 0) is 6.42 Å². The molecule has 1 heterocycles. The molecule has 0 saturated carbocycles. The molecule has 18 heavy (non-hydrogen) atoms. The van der Waals surface area contributed by atoms with Gasteiger partial charge in [0.15, 0.2) is 0 Å². The highest BCUT2D eigenvalue weighted by atomic mass is 16.5. The molecular weight excluding hydrogens is 224 g/mol. The summed E-state index contributed by atoms with van der Waals surface area (Å²) in [6, 6.07) is 7.06. The summed E-state index contributed by atoms with van der Waals surface area (Å²) in [6.07, 6.45) is 1.16. The molecule has 0 spiro atoms. The Morgan fingerprint density at radius 3 is 2.78 bits per heavy atom. The number of hydrogen-bond acceptors (Lipinski definition) is 3. The van der Waals surface area contributed by atoms with Gasteiger partial charge in [-0.05, 0) is 46.0 Å². The number of anilines is 1. The first-order valence-electron chi connectivity index (χ1n) is 6.75. The minimum absolute atomic E-state index is 0.559. The summed E-state index contributed by atoms with van der Waals surface area (Å²) in [4.78, 5) is 4.59. The Kier molecular flexibility index (Phi) is 4.12. The third-order valence-corrected chi connectivity index (χ3v) is 3.42. The maximum atomic E-state index is 5.80. The van der Waals surface area contributed by atoms with Crippen LogP contribution in [0.25, 0.3) is 0 Å². The van der Waals surface area contributed by atoms with Gasteiger partial charge in [-0.2, -0.15) is 0 Å². The summed E-state index contributed by atoms with van der Waals surface area (Å²) in [5.41, 5.74) is 2.80. The molecule has 100 valence electrons. The monoisotopic (exact) mass is 248 g/mol. The zero-order chi connectivity index (χ0) is 13.1. The van der Waals surface area contributed by atoms with E-state index < -0.39 is 0 Å². The second-order valence-corrected chi connectivity index (χ2v) is 5.48. The largest absolute Gasteiger partial charge is 0.492 e. The van der Waals surface area contributed by atoms with Crippen LogP contribution in [0.1, 0.15) is 19.4 Å². The van der Waals surface area contributed by atoms with Gasteiger partial charge in [0.25, 0.3) is 0 Å². The lowest BCUT2D eigenvalue weighted by molar-refractivity contribution is 0.261. The van der Waals surface area contributed by atoms with Crippen molar-refractivity contribution in [3.8, 4) is 5.75 Å². The van der Waals surface area contributed by atoms with E-state index in [9.17, 15) is 0 Å². The Hall–Kier alpha value is -1.22. The number of rotatable bonds is 5. The van der Waals surface area contributed by atoms with Gasteiger partial charge in [0.1, 0.15) is 12.4 Å². The SMILES string of the molecule is CC(C)N1CCc2ccc(OCCN(C)C)cc21. The average molecular weight is 248 g/mol. The van der Waals surface area contributed by atoms with Crippen LogP contribution >= 0.6 is 0 Å². The van der Waals surface area contributed by atoms with Gasteiger partial charge in [0.2, 0.25) is 0 Å². The van der Waals surface area contributed by atoms with Gasteiger partial charge in [-0.15, -0.1) is 0 Å². The van der Waals surface area contributed by atoms with Gasteiger partial charge < -0.3 is 14.5 Å². The number of likely N-dealkylation sites (N-methyl/N-ethyl adjacent to an activating group) is 1. The zero-order valence-corrected chi connectivity index (χ0v) is 11.9. The Bertz CT molecular complexity index is 401. The number of benzene rings is 1. The van der Waals surface area contributed by atoms with Crippen molar-refractivity contribution in [1.82, 2.24) is 4.90 Å². The summed E-state index contributed by atoms with van der Waals surface area (Å²) >= 11 is 0. The van der Waals surface area contributed by atoms with Crippen LogP contribution in [0.2, 0.25) is 0 Å².